The van der Waals surface area contributed by atoms with Gasteiger partial charge in [-0.25, -0.2) is 0 Å². The van der Waals surface area contributed by atoms with E-state index >= 15 is 0 Å². The summed E-state index contributed by atoms with van der Waals surface area (Å²) in [7, 11) is 3.53. The van der Waals surface area contributed by atoms with Crippen LogP contribution in [0, 0.1) is 0 Å². The Morgan fingerprint density at radius 1 is 1.07 bits per heavy atom. The van der Waals surface area contributed by atoms with Gasteiger partial charge in [0.2, 0.25) is 11.8 Å². The van der Waals surface area contributed by atoms with Gasteiger partial charge in [0.05, 0.1) is 11.5 Å². The summed E-state index contributed by atoms with van der Waals surface area (Å²) in [6.07, 6.45) is 2.63. The first kappa shape index (κ1) is 19.6. The smallest absolute Gasteiger partial charge is 0.238 e. The normalized spacial score (nSPS) is 22.1. The Bertz CT molecular complexity index is 890. The Morgan fingerprint density at radius 2 is 1.72 bits per heavy atom. The molecule has 2 amide bonds. The van der Waals surface area contributed by atoms with Gasteiger partial charge >= 0.3 is 0 Å². The van der Waals surface area contributed by atoms with Gasteiger partial charge in [0, 0.05) is 39.4 Å². The highest BCUT2D eigenvalue weighted by atomic mass is 16.5. The van der Waals surface area contributed by atoms with Gasteiger partial charge in [-0.3, -0.25) is 9.59 Å². The van der Waals surface area contributed by atoms with Crippen molar-refractivity contribution in [2.45, 2.75) is 37.2 Å². The molecule has 152 valence electrons. The van der Waals surface area contributed by atoms with Gasteiger partial charge in [0.1, 0.15) is 0 Å². The van der Waals surface area contributed by atoms with Crippen molar-refractivity contribution in [1.29, 1.82) is 0 Å². The number of ether oxygens (including phenoxy) is 1. The van der Waals surface area contributed by atoms with E-state index in [0.717, 1.165) is 29.7 Å². The maximum atomic E-state index is 13.5. The molecule has 0 saturated carbocycles. The van der Waals surface area contributed by atoms with Crippen LogP contribution in [0.5, 0.6) is 0 Å². The number of benzene rings is 2. The number of methoxy groups -OCH3 is 1. The third-order valence-corrected chi connectivity index (χ3v) is 6.42. The molecule has 0 aliphatic carbocycles. The van der Waals surface area contributed by atoms with Gasteiger partial charge in [0.25, 0.3) is 0 Å². The largest absolute Gasteiger partial charge is 0.381 e. The number of amides is 2. The number of nitrogens with zero attached hydrogens (tertiary/aromatic N) is 2. The standard InChI is InChI=1S/C24H28N2O3/c1-25-21-11-7-6-10-20(21)24(23(25)28,16-18-8-4-3-5-9-18)17-22(27)26-14-12-19(29-2)13-15-26/h3-11,19H,12-17H2,1-2H3/t24-/m0/s1. The van der Waals surface area contributed by atoms with Crippen LogP contribution in [-0.2, 0) is 26.2 Å². The summed E-state index contributed by atoms with van der Waals surface area (Å²) in [6.45, 7) is 1.37. The molecule has 1 saturated heterocycles. The summed E-state index contributed by atoms with van der Waals surface area (Å²) in [4.78, 5) is 30.5. The Kier molecular flexibility index (Phi) is 5.41. The van der Waals surface area contributed by atoms with E-state index < -0.39 is 5.41 Å². The van der Waals surface area contributed by atoms with Gasteiger partial charge < -0.3 is 14.5 Å². The summed E-state index contributed by atoms with van der Waals surface area (Å²) < 4.78 is 5.43. The Hall–Kier alpha value is -2.66. The molecule has 1 fully saturated rings. The maximum absolute atomic E-state index is 13.5. The Morgan fingerprint density at radius 3 is 2.41 bits per heavy atom. The number of rotatable bonds is 5. The number of likely N-dealkylation sites (tertiary alicyclic amines) is 1. The molecule has 0 unspecified atom stereocenters. The zero-order valence-electron chi connectivity index (χ0n) is 17.1. The minimum absolute atomic E-state index is 0.00248. The molecule has 4 rings (SSSR count). The highest BCUT2D eigenvalue weighted by molar-refractivity contribution is 6.09. The molecular weight excluding hydrogens is 364 g/mol. The lowest BCUT2D eigenvalue weighted by atomic mass is 9.73. The molecule has 2 aliphatic heterocycles. The van der Waals surface area contributed by atoms with Crippen LogP contribution < -0.4 is 4.90 Å². The fourth-order valence-electron chi connectivity index (χ4n) is 4.78. The van der Waals surface area contributed by atoms with Gasteiger partial charge in [-0.1, -0.05) is 48.5 Å². The fourth-order valence-corrected chi connectivity index (χ4v) is 4.78. The van der Waals surface area contributed by atoms with E-state index in [1.54, 1.807) is 12.0 Å². The SMILES string of the molecule is COC1CCN(C(=O)C[C@]2(Cc3ccccc3)C(=O)N(C)c3ccccc32)CC1. The van der Waals surface area contributed by atoms with E-state index in [2.05, 4.69) is 0 Å². The minimum atomic E-state index is -0.859. The first-order valence-electron chi connectivity index (χ1n) is 10.3. The first-order valence-corrected chi connectivity index (χ1v) is 10.3. The quantitative estimate of drug-likeness (QED) is 0.785. The zero-order chi connectivity index (χ0) is 20.4. The predicted molar refractivity (Wildman–Crippen MR) is 113 cm³/mol. The van der Waals surface area contributed by atoms with Gasteiger partial charge in [0.15, 0.2) is 0 Å². The predicted octanol–water partition coefficient (Wildman–Crippen LogP) is 3.17. The average molecular weight is 392 g/mol. The third kappa shape index (κ3) is 3.55. The van der Waals surface area contributed by atoms with Crippen LogP contribution in [0.1, 0.15) is 30.4 Å². The summed E-state index contributed by atoms with van der Waals surface area (Å²) in [6, 6.07) is 17.9. The molecule has 2 heterocycles. The number of hydrogen-bond acceptors (Lipinski definition) is 3. The zero-order valence-corrected chi connectivity index (χ0v) is 17.1. The second kappa shape index (κ2) is 7.99. The van der Waals surface area contributed by atoms with Crippen LogP contribution >= 0.6 is 0 Å². The number of likely N-dealkylation sites (N-methyl/N-ethyl adjacent to an activating group) is 1. The maximum Gasteiger partial charge on any atom is 0.238 e. The van der Waals surface area contributed by atoms with Gasteiger partial charge in [-0.15, -0.1) is 0 Å². The third-order valence-electron chi connectivity index (χ3n) is 6.42. The lowest BCUT2D eigenvalue weighted by Gasteiger charge is -2.35. The van der Waals surface area contributed by atoms with Crippen molar-refractivity contribution >= 4 is 17.5 Å². The average Bonchev–Trinajstić information content (AvgIpc) is 2.97. The number of carbonyl (C=O) groups excluding carboxylic acids is 2. The molecular formula is C24H28N2O3. The van der Waals surface area contributed by atoms with Crippen LogP contribution in [0.4, 0.5) is 5.69 Å². The Labute approximate surface area is 172 Å². The molecule has 0 spiro atoms. The highest BCUT2D eigenvalue weighted by Gasteiger charge is 2.51. The molecule has 5 nitrogen and oxygen atoms in total. The molecule has 1 atom stereocenters. The lowest BCUT2D eigenvalue weighted by molar-refractivity contribution is -0.138. The second-order valence-corrected chi connectivity index (χ2v) is 8.12. The number of fused-ring (bicyclic) bond motifs is 1. The van der Waals surface area contributed by atoms with E-state index in [1.165, 1.54) is 0 Å². The highest BCUT2D eigenvalue weighted by Crippen LogP contribution is 2.45. The van der Waals surface area contributed by atoms with Crippen LogP contribution in [0.2, 0.25) is 0 Å². The van der Waals surface area contributed by atoms with E-state index in [4.69, 9.17) is 4.74 Å². The van der Waals surface area contributed by atoms with E-state index in [0.29, 0.717) is 19.5 Å². The van der Waals surface area contributed by atoms with E-state index in [-0.39, 0.29) is 24.3 Å². The van der Waals surface area contributed by atoms with Crippen LogP contribution in [-0.4, -0.2) is 50.1 Å². The topological polar surface area (TPSA) is 49.9 Å². The van der Waals surface area contributed by atoms with Crippen molar-refractivity contribution < 1.29 is 14.3 Å². The monoisotopic (exact) mass is 392 g/mol. The number of anilines is 1. The number of carbonyl (C=O) groups is 2. The molecule has 0 N–H and O–H groups in total. The van der Waals surface area contributed by atoms with E-state index in [1.807, 2.05) is 66.5 Å². The molecule has 2 aliphatic rings. The summed E-state index contributed by atoms with van der Waals surface area (Å²) in [5, 5.41) is 0. The van der Waals surface area contributed by atoms with Crippen molar-refractivity contribution in [1.82, 2.24) is 4.90 Å². The fraction of sp³-hybridized carbons (Fsp3) is 0.417. The van der Waals surface area contributed by atoms with Crippen molar-refractivity contribution in [3.63, 3.8) is 0 Å². The minimum Gasteiger partial charge on any atom is -0.381 e. The first-order chi connectivity index (χ1) is 14.0. The number of hydrogen-bond donors (Lipinski definition) is 0. The summed E-state index contributed by atoms with van der Waals surface area (Å²) in [5.74, 6) is 0.0524. The molecule has 2 aromatic rings. The molecule has 0 bridgehead atoms. The van der Waals surface area contributed by atoms with Crippen molar-refractivity contribution in [2.24, 2.45) is 0 Å². The van der Waals surface area contributed by atoms with Crippen LogP contribution in [0.25, 0.3) is 0 Å². The Balaban J connectivity index is 1.67. The summed E-state index contributed by atoms with van der Waals surface area (Å²) >= 11 is 0. The molecule has 29 heavy (non-hydrogen) atoms. The molecule has 5 heteroatoms. The van der Waals surface area contributed by atoms with Gasteiger partial charge in [-0.2, -0.15) is 0 Å². The van der Waals surface area contributed by atoms with Crippen molar-refractivity contribution in [3.05, 3.63) is 65.7 Å². The molecule has 0 radical (unpaired) electrons. The molecule has 2 aromatic carbocycles. The van der Waals surface area contributed by atoms with E-state index in [9.17, 15) is 9.59 Å². The van der Waals surface area contributed by atoms with Gasteiger partial charge in [-0.05, 0) is 36.5 Å². The summed E-state index contributed by atoms with van der Waals surface area (Å²) in [5.41, 5.74) is 2.06. The number of para-hydroxylation sites is 1. The van der Waals surface area contributed by atoms with Crippen molar-refractivity contribution in [3.8, 4) is 0 Å². The van der Waals surface area contributed by atoms with Crippen molar-refractivity contribution in [2.75, 3.05) is 32.1 Å². The lowest BCUT2D eigenvalue weighted by Crippen LogP contribution is -2.47. The second-order valence-electron chi connectivity index (χ2n) is 8.12. The molecule has 0 aromatic heterocycles. The van der Waals surface area contributed by atoms with Crippen LogP contribution in [0.15, 0.2) is 54.6 Å². The number of piperidine rings is 1. The van der Waals surface area contributed by atoms with Crippen LogP contribution in [0.3, 0.4) is 0 Å².